The van der Waals surface area contributed by atoms with Crippen LogP contribution >= 0.6 is 0 Å². The zero-order valence-electron chi connectivity index (χ0n) is 6.53. The molecule has 2 atom stereocenters. The van der Waals surface area contributed by atoms with Crippen molar-refractivity contribution in [2.24, 2.45) is 5.92 Å². The minimum absolute atomic E-state index is 0.251. The quantitative estimate of drug-likeness (QED) is 0.451. The van der Waals surface area contributed by atoms with Crippen LogP contribution in [-0.4, -0.2) is 11.2 Å². The Morgan fingerprint density at radius 1 is 1.91 bits per heavy atom. The van der Waals surface area contributed by atoms with Crippen molar-refractivity contribution in [3.63, 3.8) is 0 Å². The predicted molar refractivity (Wildman–Crippen MR) is 39.2 cm³/mol. The Hall–Kier alpha value is -0.800. The van der Waals surface area contributed by atoms with Crippen molar-refractivity contribution in [2.45, 2.75) is 32.3 Å². The van der Waals surface area contributed by atoms with Gasteiger partial charge in [0.25, 0.3) is 5.09 Å². The van der Waals surface area contributed by atoms with E-state index in [0.717, 1.165) is 12.8 Å². The molecular formula is C7H12NO3. The highest BCUT2D eigenvalue weighted by Crippen LogP contribution is 2.32. The molecule has 0 spiro atoms. The predicted octanol–water partition coefficient (Wildman–Crippen LogP) is 1.59. The summed E-state index contributed by atoms with van der Waals surface area (Å²) in [6.07, 6.45) is 4.93. The molecule has 2 unspecified atom stereocenters. The maximum Gasteiger partial charge on any atom is 0.294 e. The summed E-state index contributed by atoms with van der Waals surface area (Å²) in [5, 5.41) is 9.12. The van der Waals surface area contributed by atoms with Gasteiger partial charge in [-0.25, -0.2) is 0 Å². The summed E-state index contributed by atoms with van der Waals surface area (Å²) in [5.74, 6) is 0.702. The van der Waals surface area contributed by atoms with Crippen molar-refractivity contribution in [3.8, 4) is 0 Å². The van der Waals surface area contributed by atoms with Crippen LogP contribution in [0.4, 0.5) is 0 Å². The molecular weight excluding hydrogens is 146 g/mol. The van der Waals surface area contributed by atoms with E-state index >= 15 is 0 Å². The molecule has 1 saturated carbocycles. The molecule has 1 rings (SSSR count). The van der Waals surface area contributed by atoms with Crippen LogP contribution in [0, 0.1) is 22.5 Å². The van der Waals surface area contributed by atoms with Gasteiger partial charge >= 0.3 is 0 Å². The third-order valence-corrected chi connectivity index (χ3v) is 1.78. The molecule has 0 bridgehead atoms. The van der Waals surface area contributed by atoms with Gasteiger partial charge in [0, 0.05) is 0 Å². The number of hydrogen-bond acceptors (Lipinski definition) is 3. The first-order valence-corrected chi connectivity index (χ1v) is 3.83. The van der Waals surface area contributed by atoms with Gasteiger partial charge in [0.15, 0.2) is 0 Å². The minimum atomic E-state index is -0.721. The van der Waals surface area contributed by atoms with E-state index < -0.39 is 5.09 Å². The van der Waals surface area contributed by atoms with Gasteiger partial charge in [-0.3, -0.25) is 0 Å². The highest BCUT2D eigenvalue weighted by molar-refractivity contribution is 4.94. The molecule has 0 amide bonds. The van der Waals surface area contributed by atoms with Crippen molar-refractivity contribution in [3.05, 3.63) is 16.5 Å². The second-order valence-corrected chi connectivity index (χ2v) is 2.95. The second kappa shape index (κ2) is 3.55. The summed E-state index contributed by atoms with van der Waals surface area (Å²) < 4.78 is 0. The maximum atomic E-state index is 9.85. The summed E-state index contributed by atoms with van der Waals surface area (Å²) in [4.78, 5) is 14.2. The first-order chi connectivity index (χ1) is 5.18. The summed E-state index contributed by atoms with van der Waals surface area (Å²) in [6, 6.07) is 0. The Labute approximate surface area is 65.6 Å². The number of hydrogen-bond donors (Lipinski definition) is 0. The first kappa shape index (κ1) is 8.30. The van der Waals surface area contributed by atoms with Crippen LogP contribution in [0.3, 0.4) is 0 Å². The van der Waals surface area contributed by atoms with Gasteiger partial charge in [0.2, 0.25) is 0 Å². The lowest BCUT2D eigenvalue weighted by atomic mass is 10.1. The Balaban J connectivity index is 1.99. The largest absolute Gasteiger partial charge is 0.311 e. The van der Waals surface area contributed by atoms with Crippen LogP contribution < -0.4 is 0 Å². The maximum absolute atomic E-state index is 9.85. The van der Waals surface area contributed by atoms with Crippen LogP contribution in [0.25, 0.3) is 0 Å². The summed E-state index contributed by atoms with van der Waals surface area (Å²) in [6.45, 7) is 1.73. The Morgan fingerprint density at radius 2 is 2.55 bits per heavy atom. The van der Waals surface area contributed by atoms with Gasteiger partial charge in [-0.05, 0) is 38.5 Å². The SMILES string of the molecule is CC(CCC1[CH]C1)O[N+](=O)[O-]. The molecule has 4 nitrogen and oxygen atoms in total. The lowest BCUT2D eigenvalue weighted by molar-refractivity contribution is -0.767. The highest BCUT2D eigenvalue weighted by Gasteiger charge is 2.22. The summed E-state index contributed by atoms with van der Waals surface area (Å²) in [5.41, 5.74) is 0. The zero-order chi connectivity index (χ0) is 8.27. The number of nitrogens with zero attached hydrogens (tertiary/aromatic N) is 1. The number of rotatable bonds is 5. The van der Waals surface area contributed by atoms with Crippen LogP contribution in [0.15, 0.2) is 0 Å². The van der Waals surface area contributed by atoms with Crippen LogP contribution in [-0.2, 0) is 4.84 Å². The fourth-order valence-electron chi connectivity index (χ4n) is 0.980. The molecule has 0 N–H and O–H groups in total. The zero-order valence-corrected chi connectivity index (χ0v) is 6.53. The van der Waals surface area contributed by atoms with Gasteiger partial charge < -0.3 is 4.84 Å². The third-order valence-electron chi connectivity index (χ3n) is 1.78. The monoisotopic (exact) mass is 158 g/mol. The highest BCUT2D eigenvalue weighted by atomic mass is 17.0. The molecule has 63 valence electrons. The first-order valence-electron chi connectivity index (χ1n) is 3.83. The van der Waals surface area contributed by atoms with E-state index in [1.54, 1.807) is 6.92 Å². The molecule has 0 aromatic heterocycles. The van der Waals surface area contributed by atoms with E-state index in [1.807, 2.05) is 0 Å². The lowest BCUT2D eigenvalue weighted by Crippen LogP contribution is -2.13. The van der Waals surface area contributed by atoms with E-state index in [4.69, 9.17) is 0 Å². The van der Waals surface area contributed by atoms with Gasteiger partial charge in [0.05, 0.1) is 0 Å². The smallest absolute Gasteiger partial charge is 0.294 e. The molecule has 4 heteroatoms. The molecule has 1 aliphatic carbocycles. The summed E-state index contributed by atoms with van der Waals surface area (Å²) >= 11 is 0. The van der Waals surface area contributed by atoms with Crippen molar-refractivity contribution in [1.29, 1.82) is 0 Å². The molecule has 1 aliphatic rings. The lowest BCUT2D eigenvalue weighted by Gasteiger charge is -2.07. The summed E-state index contributed by atoms with van der Waals surface area (Å²) in [7, 11) is 0. The topological polar surface area (TPSA) is 52.4 Å². The van der Waals surface area contributed by atoms with E-state index in [0.29, 0.717) is 5.92 Å². The molecule has 1 fully saturated rings. The second-order valence-electron chi connectivity index (χ2n) is 2.95. The van der Waals surface area contributed by atoms with Crippen molar-refractivity contribution < 1.29 is 9.92 Å². The van der Waals surface area contributed by atoms with E-state index in [9.17, 15) is 10.1 Å². The molecule has 0 aromatic carbocycles. The van der Waals surface area contributed by atoms with E-state index in [2.05, 4.69) is 11.3 Å². The normalized spacial score (nSPS) is 19.4. The molecule has 11 heavy (non-hydrogen) atoms. The van der Waals surface area contributed by atoms with Crippen LogP contribution in [0.2, 0.25) is 0 Å². The van der Waals surface area contributed by atoms with Gasteiger partial charge in [-0.1, -0.05) is 0 Å². The minimum Gasteiger partial charge on any atom is -0.311 e. The van der Waals surface area contributed by atoms with Gasteiger partial charge in [-0.2, -0.15) is 0 Å². The fraction of sp³-hybridized carbons (Fsp3) is 0.857. The van der Waals surface area contributed by atoms with Crippen molar-refractivity contribution in [1.82, 2.24) is 0 Å². The van der Waals surface area contributed by atoms with Crippen LogP contribution in [0.1, 0.15) is 26.2 Å². The van der Waals surface area contributed by atoms with E-state index in [1.165, 1.54) is 6.42 Å². The Kier molecular flexibility index (Phi) is 2.68. The standard InChI is InChI=1S/C7H12NO3/c1-6(11-8(9)10)2-3-7-4-5-7/h4,6-7H,2-3,5H2,1H3. The molecule has 1 radical (unpaired) electrons. The van der Waals surface area contributed by atoms with E-state index in [-0.39, 0.29) is 6.10 Å². The van der Waals surface area contributed by atoms with Crippen LogP contribution in [0.5, 0.6) is 0 Å². The average Bonchev–Trinajstić information content (AvgIpc) is 2.63. The molecule has 0 heterocycles. The third kappa shape index (κ3) is 3.80. The average molecular weight is 158 g/mol. The fourth-order valence-corrected chi connectivity index (χ4v) is 0.980. The van der Waals surface area contributed by atoms with Crippen molar-refractivity contribution >= 4 is 0 Å². The Morgan fingerprint density at radius 3 is 3.00 bits per heavy atom. The molecule has 0 aliphatic heterocycles. The Bertz CT molecular complexity index is 145. The van der Waals surface area contributed by atoms with Gasteiger partial charge in [-0.15, -0.1) is 10.1 Å². The van der Waals surface area contributed by atoms with Crippen molar-refractivity contribution in [2.75, 3.05) is 0 Å². The molecule has 0 saturated heterocycles. The van der Waals surface area contributed by atoms with Gasteiger partial charge in [0.1, 0.15) is 6.10 Å². The molecule has 0 aromatic rings.